The van der Waals surface area contributed by atoms with Crippen LogP contribution in [0, 0.1) is 0 Å². The first kappa shape index (κ1) is 15.8. The SMILES string of the molecule is CCCNCc1cccnc1Oc1ccc(OC)cc1Br. The Hall–Kier alpha value is -1.59. The summed E-state index contributed by atoms with van der Waals surface area (Å²) >= 11 is 3.49. The Labute approximate surface area is 133 Å². The van der Waals surface area contributed by atoms with Gasteiger partial charge in [0.05, 0.1) is 11.6 Å². The van der Waals surface area contributed by atoms with Crippen molar-refractivity contribution in [2.45, 2.75) is 19.9 Å². The van der Waals surface area contributed by atoms with Crippen molar-refractivity contribution in [1.29, 1.82) is 0 Å². The fourth-order valence-electron chi connectivity index (χ4n) is 1.85. The molecule has 2 rings (SSSR count). The molecule has 0 bridgehead atoms. The molecule has 4 nitrogen and oxygen atoms in total. The normalized spacial score (nSPS) is 10.4. The van der Waals surface area contributed by atoms with Crippen LogP contribution in [-0.2, 0) is 6.54 Å². The number of rotatable bonds is 7. The minimum atomic E-state index is 0.618. The van der Waals surface area contributed by atoms with E-state index in [-0.39, 0.29) is 0 Å². The number of pyridine rings is 1. The van der Waals surface area contributed by atoms with E-state index in [2.05, 4.69) is 33.2 Å². The zero-order valence-corrected chi connectivity index (χ0v) is 13.8. The predicted molar refractivity (Wildman–Crippen MR) is 87.0 cm³/mol. The van der Waals surface area contributed by atoms with Crippen LogP contribution in [-0.4, -0.2) is 18.6 Å². The smallest absolute Gasteiger partial charge is 0.223 e. The lowest BCUT2D eigenvalue weighted by molar-refractivity contribution is 0.410. The van der Waals surface area contributed by atoms with Crippen molar-refractivity contribution in [3.8, 4) is 17.4 Å². The first-order valence-corrected chi connectivity index (χ1v) is 7.70. The Balaban J connectivity index is 2.15. The Morgan fingerprint density at radius 2 is 2.14 bits per heavy atom. The molecule has 1 aromatic carbocycles. The molecule has 21 heavy (non-hydrogen) atoms. The van der Waals surface area contributed by atoms with Crippen molar-refractivity contribution in [3.05, 3.63) is 46.6 Å². The van der Waals surface area contributed by atoms with Crippen LogP contribution >= 0.6 is 15.9 Å². The second kappa shape index (κ2) is 8.00. The molecule has 0 saturated heterocycles. The molecular formula is C16H19BrN2O2. The van der Waals surface area contributed by atoms with E-state index in [1.807, 2.05) is 30.3 Å². The highest BCUT2D eigenvalue weighted by Crippen LogP contribution is 2.33. The maximum Gasteiger partial charge on any atom is 0.223 e. The van der Waals surface area contributed by atoms with E-state index in [1.165, 1.54) is 0 Å². The number of halogens is 1. The Kier molecular flexibility index (Phi) is 6.02. The van der Waals surface area contributed by atoms with Crippen LogP contribution in [0.15, 0.2) is 41.0 Å². The lowest BCUT2D eigenvalue weighted by Crippen LogP contribution is -2.14. The quantitative estimate of drug-likeness (QED) is 0.762. The van der Waals surface area contributed by atoms with Gasteiger partial charge in [-0.25, -0.2) is 4.98 Å². The minimum absolute atomic E-state index is 0.618. The first-order chi connectivity index (χ1) is 10.2. The molecular weight excluding hydrogens is 332 g/mol. The molecule has 0 aliphatic heterocycles. The molecule has 0 unspecified atom stereocenters. The number of nitrogens with zero attached hydrogens (tertiary/aromatic N) is 1. The van der Waals surface area contributed by atoms with Gasteiger partial charge in [0, 0.05) is 18.3 Å². The van der Waals surface area contributed by atoms with Crippen LogP contribution in [0.3, 0.4) is 0 Å². The van der Waals surface area contributed by atoms with E-state index in [4.69, 9.17) is 9.47 Å². The summed E-state index contributed by atoms with van der Waals surface area (Å²) in [5.74, 6) is 2.11. The zero-order chi connectivity index (χ0) is 15.1. The maximum atomic E-state index is 5.92. The lowest BCUT2D eigenvalue weighted by atomic mass is 10.2. The van der Waals surface area contributed by atoms with E-state index < -0.39 is 0 Å². The van der Waals surface area contributed by atoms with Crippen molar-refractivity contribution in [2.24, 2.45) is 0 Å². The second-order valence-corrected chi connectivity index (χ2v) is 5.40. The summed E-state index contributed by atoms with van der Waals surface area (Å²) in [6, 6.07) is 9.52. The molecule has 0 saturated carbocycles. The van der Waals surface area contributed by atoms with Gasteiger partial charge in [-0.2, -0.15) is 0 Å². The molecule has 0 aliphatic carbocycles. The average molecular weight is 351 g/mol. The van der Waals surface area contributed by atoms with Crippen molar-refractivity contribution in [1.82, 2.24) is 10.3 Å². The van der Waals surface area contributed by atoms with Gasteiger partial charge in [0.25, 0.3) is 0 Å². The van der Waals surface area contributed by atoms with Gasteiger partial charge >= 0.3 is 0 Å². The average Bonchev–Trinajstić information content (AvgIpc) is 2.51. The van der Waals surface area contributed by atoms with Crippen LogP contribution in [0.4, 0.5) is 0 Å². The summed E-state index contributed by atoms with van der Waals surface area (Å²) < 4.78 is 11.9. The third kappa shape index (κ3) is 4.44. The van der Waals surface area contributed by atoms with Crippen LogP contribution in [0.25, 0.3) is 0 Å². The molecule has 1 heterocycles. The molecule has 0 spiro atoms. The molecule has 2 aromatic rings. The number of benzene rings is 1. The van der Waals surface area contributed by atoms with E-state index >= 15 is 0 Å². The van der Waals surface area contributed by atoms with Gasteiger partial charge in [0.15, 0.2) is 0 Å². The third-order valence-corrected chi connectivity index (χ3v) is 3.56. The van der Waals surface area contributed by atoms with Crippen molar-refractivity contribution in [2.75, 3.05) is 13.7 Å². The van der Waals surface area contributed by atoms with Crippen molar-refractivity contribution < 1.29 is 9.47 Å². The molecule has 1 aromatic heterocycles. The van der Waals surface area contributed by atoms with Gasteiger partial charge < -0.3 is 14.8 Å². The fourth-order valence-corrected chi connectivity index (χ4v) is 2.28. The number of hydrogen-bond acceptors (Lipinski definition) is 4. The molecule has 0 atom stereocenters. The van der Waals surface area contributed by atoms with Gasteiger partial charge in [0.1, 0.15) is 11.5 Å². The lowest BCUT2D eigenvalue weighted by Gasteiger charge is -2.12. The highest BCUT2D eigenvalue weighted by Gasteiger charge is 2.09. The molecule has 0 radical (unpaired) electrons. The van der Waals surface area contributed by atoms with Crippen LogP contribution in [0.1, 0.15) is 18.9 Å². The maximum absolute atomic E-state index is 5.92. The summed E-state index contributed by atoms with van der Waals surface area (Å²) in [6.45, 7) is 3.85. The van der Waals surface area contributed by atoms with Crippen LogP contribution in [0.2, 0.25) is 0 Å². The molecule has 5 heteroatoms. The molecule has 0 fully saturated rings. The zero-order valence-electron chi connectivity index (χ0n) is 12.2. The second-order valence-electron chi connectivity index (χ2n) is 4.54. The number of methoxy groups -OCH3 is 1. The summed E-state index contributed by atoms with van der Waals surface area (Å²) in [5.41, 5.74) is 1.04. The number of hydrogen-bond donors (Lipinski definition) is 1. The molecule has 1 N–H and O–H groups in total. The molecule has 0 amide bonds. The van der Waals surface area contributed by atoms with Gasteiger partial charge in [-0.3, -0.25) is 0 Å². The Morgan fingerprint density at radius 1 is 1.29 bits per heavy atom. The van der Waals surface area contributed by atoms with E-state index in [9.17, 15) is 0 Å². The number of ether oxygens (including phenoxy) is 2. The number of nitrogens with one attached hydrogen (secondary N) is 1. The monoisotopic (exact) mass is 350 g/mol. The van der Waals surface area contributed by atoms with Crippen molar-refractivity contribution >= 4 is 15.9 Å². The third-order valence-electron chi connectivity index (χ3n) is 2.94. The largest absolute Gasteiger partial charge is 0.497 e. The highest BCUT2D eigenvalue weighted by atomic mass is 79.9. The minimum Gasteiger partial charge on any atom is -0.497 e. The summed E-state index contributed by atoms with van der Waals surface area (Å²) in [4.78, 5) is 4.32. The highest BCUT2D eigenvalue weighted by molar-refractivity contribution is 9.10. The molecule has 0 aliphatic rings. The standard InChI is InChI=1S/C16H19BrN2O2/c1-3-8-18-11-12-5-4-9-19-16(12)21-15-7-6-13(20-2)10-14(15)17/h4-7,9-10,18H,3,8,11H2,1-2H3. The van der Waals surface area contributed by atoms with Crippen LogP contribution in [0.5, 0.6) is 17.4 Å². The van der Waals surface area contributed by atoms with Crippen molar-refractivity contribution in [3.63, 3.8) is 0 Å². The first-order valence-electron chi connectivity index (χ1n) is 6.90. The number of aromatic nitrogens is 1. The summed E-state index contributed by atoms with van der Waals surface area (Å²) in [5, 5.41) is 3.36. The summed E-state index contributed by atoms with van der Waals surface area (Å²) in [7, 11) is 1.64. The van der Waals surface area contributed by atoms with E-state index in [0.717, 1.165) is 35.3 Å². The van der Waals surface area contributed by atoms with Gasteiger partial charge in [-0.1, -0.05) is 13.0 Å². The predicted octanol–water partition coefficient (Wildman–Crippen LogP) is 4.14. The van der Waals surface area contributed by atoms with Crippen LogP contribution < -0.4 is 14.8 Å². The fraction of sp³-hybridized carbons (Fsp3) is 0.312. The Morgan fingerprint density at radius 3 is 2.86 bits per heavy atom. The van der Waals surface area contributed by atoms with E-state index in [1.54, 1.807) is 13.3 Å². The Bertz CT molecular complexity index is 590. The summed E-state index contributed by atoms with van der Waals surface area (Å²) in [6.07, 6.45) is 2.83. The topological polar surface area (TPSA) is 43.4 Å². The van der Waals surface area contributed by atoms with Gasteiger partial charge in [0.2, 0.25) is 5.88 Å². The van der Waals surface area contributed by atoms with Gasteiger partial charge in [-0.15, -0.1) is 0 Å². The van der Waals surface area contributed by atoms with Gasteiger partial charge in [-0.05, 0) is 53.2 Å². The molecule has 112 valence electrons. The van der Waals surface area contributed by atoms with E-state index in [0.29, 0.717) is 11.6 Å².